The fourth-order valence-electron chi connectivity index (χ4n) is 2.06. The molecular formula is C16H21N2O7P. The number of ether oxygens (including phenoxy) is 1. The summed E-state index contributed by atoms with van der Waals surface area (Å²) in [6, 6.07) is 7.00. The number of carbonyl (C=O) groups is 3. The number of nitrogens with one attached hydrogen (secondary N) is 1. The summed E-state index contributed by atoms with van der Waals surface area (Å²) < 4.78 is 28.5. The summed E-state index contributed by atoms with van der Waals surface area (Å²) in [7, 11) is -4.27. The third kappa shape index (κ3) is 5.39. The Bertz CT molecular complexity index is 694. The first-order valence-corrected chi connectivity index (χ1v) is 9.73. The van der Waals surface area contributed by atoms with Crippen LogP contribution in [0.4, 0.5) is 0 Å². The first kappa shape index (κ1) is 20.1. The van der Waals surface area contributed by atoms with Crippen molar-refractivity contribution in [2.45, 2.75) is 39.2 Å². The number of hydroxylamine groups is 2. The van der Waals surface area contributed by atoms with Gasteiger partial charge in [-0.25, -0.2) is 4.57 Å². The van der Waals surface area contributed by atoms with Crippen molar-refractivity contribution in [1.29, 1.82) is 0 Å². The number of amides is 2. The molecule has 0 radical (unpaired) electrons. The summed E-state index contributed by atoms with van der Waals surface area (Å²) in [6.45, 7) is 3.46. The molecule has 2 atom stereocenters. The highest BCUT2D eigenvalue weighted by Crippen LogP contribution is 2.46. The maximum absolute atomic E-state index is 13.1. The van der Waals surface area contributed by atoms with Gasteiger partial charge in [-0.3, -0.25) is 14.4 Å². The molecule has 1 aromatic carbocycles. The van der Waals surface area contributed by atoms with Gasteiger partial charge in [-0.1, -0.05) is 25.1 Å². The highest BCUT2D eigenvalue weighted by atomic mass is 31.2. The number of rotatable bonds is 9. The van der Waals surface area contributed by atoms with E-state index in [0.29, 0.717) is 11.5 Å². The van der Waals surface area contributed by atoms with E-state index in [1.807, 2.05) is 6.92 Å². The summed E-state index contributed by atoms with van der Waals surface area (Å²) in [4.78, 5) is 35.5. The predicted molar refractivity (Wildman–Crippen MR) is 90.7 cm³/mol. The lowest BCUT2D eigenvalue weighted by molar-refractivity contribution is -0.166. The summed E-state index contributed by atoms with van der Waals surface area (Å²) in [5.74, 6) is -1.74. The molecule has 142 valence electrons. The van der Waals surface area contributed by atoms with Crippen LogP contribution in [0.5, 0.6) is 5.75 Å². The summed E-state index contributed by atoms with van der Waals surface area (Å²) in [6.07, 6.45) is 0.542. The van der Waals surface area contributed by atoms with Crippen molar-refractivity contribution in [1.82, 2.24) is 10.2 Å². The predicted octanol–water partition coefficient (Wildman–Crippen LogP) is 2.19. The third-order valence-electron chi connectivity index (χ3n) is 3.32. The largest absolute Gasteiger partial charge is 0.481 e. The zero-order valence-electron chi connectivity index (χ0n) is 14.5. The lowest BCUT2D eigenvalue weighted by Gasteiger charge is -2.25. The van der Waals surface area contributed by atoms with Crippen LogP contribution in [0, 0.1) is 0 Å². The van der Waals surface area contributed by atoms with Gasteiger partial charge < -0.3 is 9.26 Å². The normalized spacial score (nSPS) is 17.7. The Hall–Kier alpha value is -2.22. The van der Waals surface area contributed by atoms with Gasteiger partial charge in [0.2, 0.25) is 0 Å². The van der Waals surface area contributed by atoms with E-state index in [0.717, 1.165) is 0 Å². The van der Waals surface area contributed by atoms with Crippen LogP contribution < -0.4 is 9.61 Å². The molecule has 1 heterocycles. The minimum atomic E-state index is -4.27. The molecule has 0 bridgehead atoms. The van der Waals surface area contributed by atoms with Crippen LogP contribution in [0.3, 0.4) is 0 Å². The van der Waals surface area contributed by atoms with Crippen molar-refractivity contribution >= 4 is 25.5 Å². The van der Waals surface area contributed by atoms with Crippen LogP contribution >= 0.6 is 7.75 Å². The van der Waals surface area contributed by atoms with Gasteiger partial charge >= 0.3 is 13.7 Å². The van der Waals surface area contributed by atoms with Crippen molar-refractivity contribution in [2.75, 3.05) is 6.61 Å². The highest BCUT2D eigenvalue weighted by Gasteiger charge is 2.41. The van der Waals surface area contributed by atoms with E-state index in [1.165, 1.54) is 19.1 Å². The molecule has 2 amide bonds. The van der Waals surface area contributed by atoms with E-state index in [9.17, 15) is 18.9 Å². The fourth-order valence-corrected chi connectivity index (χ4v) is 3.57. The van der Waals surface area contributed by atoms with Crippen LogP contribution in [-0.4, -0.2) is 35.5 Å². The third-order valence-corrected chi connectivity index (χ3v) is 4.85. The lowest BCUT2D eigenvalue weighted by Crippen LogP contribution is -2.38. The Morgan fingerprint density at radius 2 is 1.85 bits per heavy atom. The molecule has 1 N–H and O–H groups in total. The number of hydrogen-bond acceptors (Lipinski definition) is 7. The molecule has 0 saturated carbocycles. The molecule has 9 nitrogen and oxygen atoms in total. The molecule has 1 aromatic rings. The number of para-hydroxylation sites is 1. The van der Waals surface area contributed by atoms with Gasteiger partial charge in [-0.15, -0.1) is 5.06 Å². The number of nitrogens with zero attached hydrogens (tertiary/aromatic N) is 1. The maximum atomic E-state index is 13.1. The molecule has 26 heavy (non-hydrogen) atoms. The van der Waals surface area contributed by atoms with Gasteiger partial charge in [0.1, 0.15) is 11.8 Å². The second-order valence-corrected chi connectivity index (χ2v) is 7.18. The zero-order valence-corrected chi connectivity index (χ0v) is 15.4. The molecule has 2 rings (SSSR count). The van der Waals surface area contributed by atoms with Crippen LogP contribution in [0.2, 0.25) is 0 Å². The molecule has 0 aromatic heterocycles. The standard InChI is InChI=1S/C16H21N2O7P/c1-3-11-23-16(21)12(2)17-26(22,24-13-7-5-4-6-8-13)25-18-14(19)9-10-15(18)20/h4-8,12H,3,9-11H2,1-2H3,(H,17,22)/t12-,26+/m0/s1. The monoisotopic (exact) mass is 384 g/mol. The van der Waals surface area contributed by atoms with Gasteiger partial charge in [0.05, 0.1) is 6.61 Å². The van der Waals surface area contributed by atoms with Crippen molar-refractivity contribution in [2.24, 2.45) is 0 Å². The van der Waals surface area contributed by atoms with Gasteiger partial charge in [-0.2, -0.15) is 9.71 Å². The Morgan fingerprint density at radius 3 is 2.42 bits per heavy atom. The Morgan fingerprint density at radius 1 is 1.23 bits per heavy atom. The highest BCUT2D eigenvalue weighted by molar-refractivity contribution is 7.52. The van der Waals surface area contributed by atoms with Crippen molar-refractivity contribution in [3.8, 4) is 5.75 Å². The fraction of sp³-hybridized carbons (Fsp3) is 0.438. The van der Waals surface area contributed by atoms with Gasteiger partial charge in [0.15, 0.2) is 0 Å². The quantitative estimate of drug-likeness (QED) is 0.392. The second-order valence-electron chi connectivity index (χ2n) is 5.58. The van der Waals surface area contributed by atoms with E-state index in [1.54, 1.807) is 18.2 Å². The van der Waals surface area contributed by atoms with Crippen LogP contribution in [0.1, 0.15) is 33.1 Å². The average molecular weight is 384 g/mol. The minimum Gasteiger partial charge on any atom is -0.465 e. The Labute approximate surface area is 151 Å². The SMILES string of the molecule is CCCOC(=O)[C@H](C)N[P@@](=O)(Oc1ccccc1)ON1C(=O)CCC1=O. The van der Waals surface area contributed by atoms with Crippen LogP contribution in [0.25, 0.3) is 0 Å². The van der Waals surface area contributed by atoms with Crippen molar-refractivity contribution < 1.29 is 32.8 Å². The molecule has 1 aliphatic heterocycles. The number of imide groups is 1. The zero-order chi connectivity index (χ0) is 19.2. The summed E-state index contributed by atoms with van der Waals surface area (Å²) >= 11 is 0. The summed E-state index contributed by atoms with van der Waals surface area (Å²) in [5, 5.41) is 2.83. The maximum Gasteiger partial charge on any atom is 0.481 e. The minimum absolute atomic E-state index is 0.0434. The first-order valence-electron chi connectivity index (χ1n) is 8.19. The number of carbonyl (C=O) groups excluding carboxylic acids is 3. The van der Waals surface area contributed by atoms with E-state index in [4.69, 9.17) is 13.9 Å². The Balaban J connectivity index is 2.17. The average Bonchev–Trinajstić information content (AvgIpc) is 2.92. The van der Waals surface area contributed by atoms with Crippen molar-refractivity contribution in [3.05, 3.63) is 30.3 Å². The molecule has 1 fully saturated rings. The number of benzene rings is 1. The Kier molecular flexibility index (Phi) is 6.90. The number of hydrogen-bond donors (Lipinski definition) is 1. The molecule has 0 aliphatic carbocycles. The smallest absolute Gasteiger partial charge is 0.465 e. The van der Waals surface area contributed by atoms with Crippen LogP contribution in [0.15, 0.2) is 30.3 Å². The topological polar surface area (TPSA) is 111 Å². The van der Waals surface area contributed by atoms with Gasteiger partial charge in [0.25, 0.3) is 11.8 Å². The molecule has 10 heteroatoms. The van der Waals surface area contributed by atoms with Gasteiger partial charge in [0, 0.05) is 12.8 Å². The summed E-state index contributed by atoms with van der Waals surface area (Å²) in [5.41, 5.74) is 0. The second kappa shape index (κ2) is 8.93. The molecule has 1 aliphatic rings. The molecular weight excluding hydrogens is 363 g/mol. The molecule has 0 unspecified atom stereocenters. The van der Waals surface area contributed by atoms with E-state index in [2.05, 4.69) is 5.09 Å². The van der Waals surface area contributed by atoms with E-state index in [-0.39, 0.29) is 25.2 Å². The number of esters is 1. The van der Waals surface area contributed by atoms with E-state index < -0.39 is 31.6 Å². The van der Waals surface area contributed by atoms with E-state index >= 15 is 0 Å². The molecule has 1 saturated heterocycles. The van der Waals surface area contributed by atoms with Crippen LogP contribution in [-0.2, 0) is 28.3 Å². The first-order chi connectivity index (χ1) is 12.3. The van der Waals surface area contributed by atoms with Crippen molar-refractivity contribution in [3.63, 3.8) is 0 Å². The lowest BCUT2D eigenvalue weighted by atomic mass is 10.3. The van der Waals surface area contributed by atoms with Gasteiger partial charge in [-0.05, 0) is 25.5 Å². The molecule has 0 spiro atoms.